The predicted molar refractivity (Wildman–Crippen MR) is 90.9 cm³/mol. The van der Waals surface area contributed by atoms with Crippen molar-refractivity contribution in [1.29, 1.82) is 0 Å². The zero-order valence-corrected chi connectivity index (χ0v) is 14.4. The van der Waals surface area contributed by atoms with E-state index in [2.05, 4.69) is 15.4 Å². The van der Waals surface area contributed by atoms with E-state index in [0.29, 0.717) is 43.5 Å². The fourth-order valence-electron chi connectivity index (χ4n) is 3.06. The topological polar surface area (TPSA) is 101 Å². The van der Waals surface area contributed by atoms with E-state index >= 15 is 0 Å². The molecule has 2 N–H and O–H groups in total. The standard InChI is InChI=1S/C17H20N6O3/c1-21-5-4-18-16(21)15(24)14-9-12-11-22(6-7-23(12)20-14)17(25)19-10-13-3-2-8-26-13/h2-5,8-9,15,24H,6-7,10-11H2,1H3,(H,19,25)/t15-/m0/s1. The minimum atomic E-state index is -0.894. The lowest BCUT2D eigenvalue weighted by atomic mass is 10.2. The lowest BCUT2D eigenvalue weighted by Gasteiger charge is -2.27. The predicted octanol–water partition coefficient (Wildman–Crippen LogP) is 1.02. The third-order valence-corrected chi connectivity index (χ3v) is 4.48. The molecule has 0 bridgehead atoms. The highest BCUT2D eigenvalue weighted by Gasteiger charge is 2.25. The van der Waals surface area contributed by atoms with Crippen molar-refractivity contribution in [2.45, 2.75) is 25.7 Å². The smallest absolute Gasteiger partial charge is 0.318 e. The number of aromatic nitrogens is 4. The largest absolute Gasteiger partial charge is 0.467 e. The van der Waals surface area contributed by atoms with Crippen LogP contribution in [-0.2, 0) is 26.7 Å². The number of furan rings is 1. The number of nitrogens with zero attached hydrogens (tertiary/aromatic N) is 5. The Morgan fingerprint density at radius 3 is 3.08 bits per heavy atom. The van der Waals surface area contributed by atoms with Crippen molar-refractivity contribution in [2.75, 3.05) is 6.54 Å². The van der Waals surface area contributed by atoms with E-state index in [4.69, 9.17) is 4.42 Å². The van der Waals surface area contributed by atoms with Gasteiger partial charge in [-0.25, -0.2) is 9.78 Å². The van der Waals surface area contributed by atoms with Gasteiger partial charge in [0.15, 0.2) is 6.10 Å². The number of urea groups is 1. The third kappa shape index (κ3) is 3.08. The van der Waals surface area contributed by atoms with Gasteiger partial charge in [-0.3, -0.25) is 4.68 Å². The molecular formula is C17H20N6O3. The molecule has 26 heavy (non-hydrogen) atoms. The molecule has 3 aromatic rings. The van der Waals surface area contributed by atoms with Crippen molar-refractivity contribution in [3.05, 3.63) is 59.8 Å². The Labute approximate surface area is 149 Å². The highest BCUT2D eigenvalue weighted by Crippen LogP contribution is 2.22. The molecule has 1 aliphatic rings. The third-order valence-electron chi connectivity index (χ3n) is 4.48. The van der Waals surface area contributed by atoms with Gasteiger partial charge in [0.1, 0.15) is 11.6 Å². The summed E-state index contributed by atoms with van der Waals surface area (Å²) < 4.78 is 8.81. The summed E-state index contributed by atoms with van der Waals surface area (Å²) in [6.07, 6.45) is 4.10. The number of aryl methyl sites for hydroxylation is 1. The van der Waals surface area contributed by atoms with Crippen LogP contribution in [0.3, 0.4) is 0 Å². The van der Waals surface area contributed by atoms with Crippen LogP contribution in [0.25, 0.3) is 0 Å². The molecule has 0 spiro atoms. The fraction of sp³-hybridized carbons (Fsp3) is 0.353. The average molecular weight is 356 g/mol. The number of nitrogens with one attached hydrogen (secondary N) is 1. The van der Waals surface area contributed by atoms with Crippen molar-refractivity contribution in [3.63, 3.8) is 0 Å². The number of aliphatic hydroxyl groups is 1. The molecule has 1 atom stereocenters. The van der Waals surface area contributed by atoms with Crippen LogP contribution in [0.15, 0.2) is 41.3 Å². The van der Waals surface area contributed by atoms with Gasteiger partial charge in [-0.15, -0.1) is 0 Å². The Bertz CT molecular complexity index is 898. The second-order valence-corrected chi connectivity index (χ2v) is 6.24. The lowest BCUT2D eigenvalue weighted by molar-refractivity contribution is 0.178. The molecule has 9 nitrogen and oxygen atoms in total. The summed E-state index contributed by atoms with van der Waals surface area (Å²) in [5, 5.41) is 17.8. The van der Waals surface area contributed by atoms with Crippen LogP contribution in [0, 0.1) is 0 Å². The summed E-state index contributed by atoms with van der Waals surface area (Å²) in [5.41, 5.74) is 1.42. The van der Waals surface area contributed by atoms with Crippen molar-refractivity contribution >= 4 is 6.03 Å². The molecule has 0 aliphatic carbocycles. The number of amides is 2. The maximum Gasteiger partial charge on any atom is 0.318 e. The number of hydrogen-bond acceptors (Lipinski definition) is 5. The second-order valence-electron chi connectivity index (χ2n) is 6.24. The van der Waals surface area contributed by atoms with Gasteiger partial charge in [0.05, 0.1) is 37.3 Å². The molecule has 0 radical (unpaired) electrons. The first kappa shape index (κ1) is 16.4. The molecular weight excluding hydrogens is 336 g/mol. The summed E-state index contributed by atoms with van der Waals surface area (Å²) in [7, 11) is 1.83. The van der Waals surface area contributed by atoms with E-state index in [0.717, 1.165) is 5.69 Å². The lowest BCUT2D eigenvalue weighted by Crippen LogP contribution is -2.43. The first-order chi connectivity index (χ1) is 12.6. The van der Waals surface area contributed by atoms with Crippen LogP contribution >= 0.6 is 0 Å². The fourth-order valence-corrected chi connectivity index (χ4v) is 3.06. The molecule has 0 aromatic carbocycles. The van der Waals surface area contributed by atoms with E-state index in [1.54, 1.807) is 34.2 Å². The molecule has 0 unspecified atom stereocenters. The monoisotopic (exact) mass is 356 g/mol. The summed E-state index contributed by atoms with van der Waals surface area (Å²) >= 11 is 0. The van der Waals surface area contributed by atoms with Gasteiger partial charge in [-0.1, -0.05) is 0 Å². The first-order valence-corrected chi connectivity index (χ1v) is 8.39. The van der Waals surface area contributed by atoms with Gasteiger partial charge in [-0.05, 0) is 18.2 Å². The summed E-state index contributed by atoms with van der Waals surface area (Å²) in [4.78, 5) is 18.2. The Hall–Kier alpha value is -3.07. The van der Waals surface area contributed by atoms with Crippen LogP contribution in [0.5, 0.6) is 0 Å². The maximum atomic E-state index is 12.4. The molecule has 4 rings (SSSR count). The van der Waals surface area contributed by atoms with Crippen LogP contribution in [0.2, 0.25) is 0 Å². The van der Waals surface area contributed by atoms with Gasteiger partial charge >= 0.3 is 6.03 Å². The van der Waals surface area contributed by atoms with E-state index < -0.39 is 6.10 Å². The van der Waals surface area contributed by atoms with Crippen molar-refractivity contribution in [1.82, 2.24) is 29.5 Å². The van der Waals surface area contributed by atoms with E-state index in [9.17, 15) is 9.90 Å². The highest BCUT2D eigenvalue weighted by atomic mass is 16.3. The first-order valence-electron chi connectivity index (χ1n) is 8.39. The minimum Gasteiger partial charge on any atom is -0.467 e. The molecule has 1 aliphatic heterocycles. The van der Waals surface area contributed by atoms with Crippen molar-refractivity contribution < 1.29 is 14.3 Å². The van der Waals surface area contributed by atoms with Crippen LogP contribution < -0.4 is 5.32 Å². The number of carbonyl (C=O) groups excluding carboxylic acids is 1. The molecule has 0 saturated heterocycles. The van der Waals surface area contributed by atoms with Gasteiger partial charge < -0.3 is 24.3 Å². The quantitative estimate of drug-likeness (QED) is 0.727. The molecule has 0 fully saturated rings. The van der Waals surface area contributed by atoms with Crippen molar-refractivity contribution in [3.8, 4) is 0 Å². The Balaban J connectivity index is 1.43. The molecule has 0 saturated carbocycles. The maximum absolute atomic E-state index is 12.4. The highest BCUT2D eigenvalue weighted by molar-refractivity contribution is 5.74. The normalized spacial score (nSPS) is 14.9. The zero-order valence-electron chi connectivity index (χ0n) is 14.4. The van der Waals surface area contributed by atoms with E-state index in [1.807, 2.05) is 23.9 Å². The zero-order chi connectivity index (χ0) is 18.1. The number of imidazole rings is 1. The van der Waals surface area contributed by atoms with E-state index in [-0.39, 0.29) is 6.03 Å². The summed E-state index contributed by atoms with van der Waals surface area (Å²) in [5.74, 6) is 1.24. The van der Waals surface area contributed by atoms with Crippen LogP contribution in [0.1, 0.15) is 29.1 Å². The Morgan fingerprint density at radius 1 is 1.46 bits per heavy atom. The molecule has 3 aromatic heterocycles. The van der Waals surface area contributed by atoms with Gasteiger partial charge in [-0.2, -0.15) is 5.10 Å². The number of aliphatic hydroxyl groups excluding tert-OH is 1. The number of hydrogen-bond donors (Lipinski definition) is 2. The van der Waals surface area contributed by atoms with Gasteiger partial charge in [0.25, 0.3) is 0 Å². The number of carbonyl (C=O) groups is 1. The van der Waals surface area contributed by atoms with Gasteiger partial charge in [0.2, 0.25) is 0 Å². The molecule has 9 heteroatoms. The van der Waals surface area contributed by atoms with Gasteiger partial charge in [0, 0.05) is 26.0 Å². The summed E-state index contributed by atoms with van der Waals surface area (Å²) in [6, 6.07) is 5.28. The Morgan fingerprint density at radius 2 is 2.35 bits per heavy atom. The van der Waals surface area contributed by atoms with Crippen LogP contribution in [0.4, 0.5) is 4.79 Å². The molecule has 136 valence electrons. The van der Waals surface area contributed by atoms with Crippen LogP contribution in [-0.4, -0.2) is 41.9 Å². The SMILES string of the molecule is Cn1ccnc1[C@@H](O)c1cc2n(n1)CCN(C(=O)NCc1ccco1)C2. The molecule has 2 amide bonds. The van der Waals surface area contributed by atoms with E-state index in [1.165, 1.54) is 0 Å². The number of rotatable bonds is 4. The average Bonchev–Trinajstić information content (AvgIpc) is 3.38. The molecule has 4 heterocycles. The summed E-state index contributed by atoms with van der Waals surface area (Å²) in [6.45, 7) is 1.92. The number of fused-ring (bicyclic) bond motifs is 1. The minimum absolute atomic E-state index is 0.153. The second kappa shape index (κ2) is 6.68. The Kier molecular flexibility index (Phi) is 4.21. The van der Waals surface area contributed by atoms with Crippen molar-refractivity contribution in [2.24, 2.45) is 7.05 Å².